The normalized spacial score (nSPS) is 37.4. The van der Waals surface area contributed by atoms with E-state index in [-0.39, 0.29) is 6.29 Å². The minimum absolute atomic E-state index is 0.0552. The summed E-state index contributed by atoms with van der Waals surface area (Å²) in [6.07, 6.45) is 2.73. The molecular weight excluding hydrogens is 184 g/mol. The Morgan fingerprint density at radius 3 is 2.85 bits per heavy atom. The average Bonchev–Trinajstić information content (AvgIpc) is 2.82. The molecule has 0 aromatic carbocycles. The maximum absolute atomic E-state index is 5.91. The van der Waals surface area contributed by atoms with Gasteiger partial charge in [0.2, 0.25) is 0 Å². The van der Waals surface area contributed by atoms with Crippen LogP contribution in [0, 0.1) is 0 Å². The lowest BCUT2D eigenvalue weighted by atomic mass is 10.3. The first kappa shape index (κ1) is 9.64. The number of rotatable bonds is 3. The van der Waals surface area contributed by atoms with Crippen LogP contribution < -0.4 is 0 Å². The molecule has 0 amide bonds. The second kappa shape index (κ2) is 3.69. The zero-order valence-electron chi connectivity index (χ0n) is 8.41. The Labute approximate surface area is 80.5 Å². The highest BCUT2D eigenvalue weighted by Gasteiger charge is 2.32. The highest BCUT2D eigenvalue weighted by atomic mass is 28.4. The lowest BCUT2D eigenvalue weighted by Crippen LogP contribution is -2.40. The van der Waals surface area contributed by atoms with Crippen LogP contribution in [0.1, 0.15) is 12.8 Å². The molecule has 2 aliphatic heterocycles. The third kappa shape index (κ3) is 3.05. The van der Waals surface area contributed by atoms with Gasteiger partial charge in [-0.05, 0) is 32.0 Å². The molecule has 0 aromatic rings. The molecule has 2 unspecified atom stereocenters. The van der Waals surface area contributed by atoms with Gasteiger partial charge in [-0.1, -0.05) is 0 Å². The third-order valence-corrected chi connectivity index (χ3v) is 5.00. The van der Waals surface area contributed by atoms with Gasteiger partial charge in [-0.2, -0.15) is 0 Å². The molecule has 0 spiro atoms. The predicted octanol–water partition coefficient (Wildman–Crippen LogP) is 1.74. The summed E-state index contributed by atoms with van der Waals surface area (Å²) in [6.45, 7) is 6.11. The highest BCUT2D eigenvalue weighted by Crippen LogP contribution is 2.26. The molecule has 2 aliphatic rings. The van der Waals surface area contributed by atoms with Crippen molar-refractivity contribution in [3.05, 3.63) is 0 Å². The van der Waals surface area contributed by atoms with E-state index in [9.17, 15) is 0 Å². The lowest BCUT2D eigenvalue weighted by Gasteiger charge is -2.34. The third-order valence-electron chi connectivity index (χ3n) is 2.54. The first-order valence-electron chi connectivity index (χ1n) is 5.07. The van der Waals surface area contributed by atoms with Crippen molar-refractivity contribution >= 4 is 8.32 Å². The van der Waals surface area contributed by atoms with E-state index in [1.54, 1.807) is 0 Å². The molecule has 0 radical (unpaired) electrons. The van der Waals surface area contributed by atoms with Gasteiger partial charge in [0.25, 0.3) is 0 Å². The largest absolute Gasteiger partial charge is 0.393 e. The van der Waals surface area contributed by atoms with E-state index in [0.29, 0.717) is 6.10 Å². The molecule has 13 heavy (non-hydrogen) atoms. The standard InChI is InChI=1S/C9H18O3Si/c1-13(2)5-3-4-9(12-13)11-7-8-6-10-8/h8-9H,3-7H2,1-2H3. The zero-order chi connectivity index (χ0) is 9.31. The second-order valence-corrected chi connectivity index (χ2v) is 8.74. The van der Waals surface area contributed by atoms with Gasteiger partial charge >= 0.3 is 0 Å². The summed E-state index contributed by atoms with van der Waals surface area (Å²) in [5, 5.41) is 0. The number of ether oxygens (including phenoxy) is 2. The summed E-state index contributed by atoms with van der Waals surface area (Å²) in [5.41, 5.74) is 0. The summed E-state index contributed by atoms with van der Waals surface area (Å²) in [4.78, 5) is 0. The summed E-state index contributed by atoms with van der Waals surface area (Å²) in [5.74, 6) is 0. The van der Waals surface area contributed by atoms with Gasteiger partial charge in [0.1, 0.15) is 12.4 Å². The van der Waals surface area contributed by atoms with Crippen molar-refractivity contribution < 1.29 is 13.9 Å². The molecule has 0 aromatic heterocycles. The maximum atomic E-state index is 5.91. The Hall–Kier alpha value is 0.0969. The molecule has 4 heteroatoms. The minimum atomic E-state index is -1.37. The van der Waals surface area contributed by atoms with Crippen molar-refractivity contribution in [2.45, 2.75) is 44.4 Å². The molecule has 2 fully saturated rings. The number of epoxide rings is 1. The summed E-state index contributed by atoms with van der Waals surface area (Å²) in [6, 6.07) is 1.27. The van der Waals surface area contributed by atoms with Crippen LogP contribution in [0.2, 0.25) is 19.1 Å². The van der Waals surface area contributed by atoms with Crippen molar-refractivity contribution in [1.82, 2.24) is 0 Å². The number of hydrogen-bond acceptors (Lipinski definition) is 3. The van der Waals surface area contributed by atoms with Crippen LogP contribution in [-0.2, 0) is 13.9 Å². The Kier molecular flexibility index (Phi) is 2.74. The van der Waals surface area contributed by atoms with Crippen LogP contribution in [0.25, 0.3) is 0 Å². The van der Waals surface area contributed by atoms with E-state index in [1.165, 1.54) is 12.5 Å². The molecule has 2 saturated heterocycles. The molecule has 2 heterocycles. The molecule has 2 atom stereocenters. The van der Waals surface area contributed by atoms with Gasteiger partial charge in [-0.3, -0.25) is 0 Å². The van der Waals surface area contributed by atoms with Crippen LogP contribution in [0.5, 0.6) is 0 Å². The average molecular weight is 202 g/mol. The molecule has 0 aliphatic carbocycles. The van der Waals surface area contributed by atoms with E-state index in [2.05, 4.69) is 13.1 Å². The van der Waals surface area contributed by atoms with Crippen LogP contribution >= 0.6 is 0 Å². The van der Waals surface area contributed by atoms with Crippen molar-refractivity contribution in [1.29, 1.82) is 0 Å². The predicted molar refractivity (Wildman–Crippen MR) is 52.1 cm³/mol. The zero-order valence-corrected chi connectivity index (χ0v) is 9.41. The quantitative estimate of drug-likeness (QED) is 0.516. The summed E-state index contributed by atoms with van der Waals surface area (Å²) < 4.78 is 16.6. The molecule has 0 N–H and O–H groups in total. The molecule has 0 saturated carbocycles. The molecule has 2 rings (SSSR count). The summed E-state index contributed by atoms with van der Waals surface area (Å²) in [7, 11) is -1.37. The Morgan fingerprint density at radius 2 is 2.23 bits per heavy atom. The van der Waals surface area contributed by atoms with Gasteiger partial charge < -0.3 is 13.9 Å². The Balaban J connectivity index is 1.71. The van der Waals surface area contributed by atoms with Crippen molar-refractivity contribution in [3.8, 4) is 0 Å². The molecule has 0 bridgehead atoms. The Bertz CT molecular complexity index is 180. The monoisotopic (exact) mass is 202 g/mol. The van der Waals surface area contributed by atoms with Gasteiger partial charge in [0.05, 0.1) is 13.2 Å². The van der Waals surface area contributed by atoms with E-state index in [0.717, 1.165) is 19.6 Å². The van der Waals surface area contributed by atoms with E-state index in [4.69, 9.17) is 13.9 Å². The number of hydrogen-bond donors (Lipinski definition) is 0. The highest BCUT2D eigenvalue weighted by molar-refractivity contribution is 6.71. The maximum Gasteiger partial charge on any atom is 0.190 e. The Morgan fingerprint density at radius 1 is 1.46 bits per heavy atom. The van der Waals surface area contributed by atoms with E-state index in [1.807, 2.05) is 0 Å². The fourth-order valence-electron chi connectivity index (χ4n) is 1.66. The molecule has 76 valence electrons. The van der Waals surface area contributed by atoms with Crippen LogP contribution in [0.4, 0.5) is 0 Å². The van der Waals surface area contributed by atoms with Crippen molar-refractivity contribution in [3.63, 3.8) is 0 Å². The van der Waals surface area contributed by atoms with Gasteiger partial charge in [0.15, 0.2) is 8.32 Å². The van der Waals surface area contributed by atoms with E-state index < -0.39 is 8.32 Å². The summed E-state index contributed by atoms with van der Waals surface area (Å²) >= 11 is 0. The SMILES string of the molecule is C[Si]1(C)CCCC(OCC2CO2)O1. The second-order valence-electron chi connectivity index (χ2n) is 4.49. The first-order valence-corrected chi connectivity index (χ1v) is 8.18. The molecular formula is C9H18O3Si. The topological polar surface area (TPSA) is 31.0 Å². The van der Waals surface area contributed by atoms with Crippen molar-refractivity contribution in [2.24, 2.45) is 0 Å². The minimum Gasteiger partial charge on any atom is -0.393 e. The smallest absolute Gasteiger partial charge is 0.190 e. The van der Waals surface area contributed by atoms with Gasteiger partial charge in [0, 0.05) is 0 Å². The van der Waals surface area contributed by atoms with Crippen LogP contribution in [0.3, 0.4) is 0 Å². The van der Waals surface area contributed by atoms with Crippen LogP contribution in [-0.4, -0.2) is 33.9 Å². The van der Waals surface area contributed by atoms with Crippen LogP contribution in [0.15, 0.2) is 0 Å². The fraction of sp³-hybridized carbons (Fsp3) is 1.00. The lowest BCUT2D eigenvalue weighted by molar-refractivity contribution is -0.101. The van der Waals surface area contributed by atoms with Gasteiger partial charge in [-0.15, -0.1) is 0 Å². The molecule has 3 nitrogen and oxygen atoms in total. The van der Waals surface area contributed by atoms with Crippen molar-refractivity contribution in [2.75, 3.05) is 13.2 Å². The fourth-order valence-corrected chi connectivity index (χ4v) is 3.74. The first-order chi connectivity index (χ1) is 6.16. The van der Waals surface area contributed by atoms with Gasteiger partial charge in [-0.25, -0.2) is 0 Å². The van der Waals surface area contributed by atoms with E-state index >= 15 is 0 Å².